The number of Topliss-reactive ketones (excluding diaryl/α,β-unsaturated/α-hetero) is 1. The van der Waals surface area contributed by atoms with Crippen LogP contribution in [0, 0.1) is 5.92 Å². The third-order valence-corrected chi connectivity index (χ3v) is 7.45. The van der Waals surface area contributed by atoms with Crippen LogP contribution in [0.4, 0.5) is 0 Å². The van der Waals surface area contributed by atoms with Gasteiger partial charge >= 0.3 is 5.69 Å². The molecule has 0 saturated heterocycles. The number of pyridine rings is 1. The largest absolute Gasteiger partial charge is 0.328 e. The number of carbonyl (C=O) groups is 1. The number of carbonyl (C=O) groups excluding carboxylic acids is 1. The Hall–Kier alpha value is -3.88. The number of aromatic nitrogens is 7. The normalized spacial score (nSPS) is 17.7. The van der Waals surface area contributed by atoms with Crippen LogP contribution < -0.4 is 5.69 Å². The smallest absolute Gasteiger partial charge is 0.300 e. The molecular weight excluding hydrogens is 466 g/mol. The molecule has 1 aromatic carbocycles. The molecule has 1 fully saturated rings. The summed E-state index contributed by atoms with van der Waals surface area (Å²) in [6.07, 6.45) is 10.5. The maximum atomic E-state index is 13.7. The molecule has 0 radical (unpaired) electrons. The number of aryl methyl sites for hydroxylation is 1. The number of aromatic amines is 1. The lowest BCUT2D eigenvalue weighted by Crippen LogP contribution is -2.35. The monoisotopic (exact) mass is 499 g/mol. The number of tetrazole rings is 1. The number of hydrogen-bond acceptors (Lipinski definition) is 6. The lowest BCUT2D eigenvalue weighted by Gasteiger charge is -2.30. The lowest BCUT2D eigenvalue weighted by molar-refractivity contribution is -0.123. The molecule has 1 N–H and O–H groups in total. The Morgan fingerprint density at radius 2 is 1.92 bits per heavy atom. The van der Waals surface area contributed by atoms with Crippen LogP contribution in [0.1, 0.15) is 69.8 Å². The highest BCUT2D eigenvalue weighted by Crippen LogP contribution is 2.34. The SMILES string of the molecule is CCCCc1cn(C2CCCCC2C(C)=O)c(=O)n1Cc1ccc(-c2ccccc2-c2nn[nH]n2)cn1. The van der Waals surface area contributed by atoms with Crippen LogP contribution in [-0.4, -0.2) is 40.5 Å². The number of rotatable bonds is 9. The number of imidazole rings is 1. The van der Waals surface area contributed by atoms with Gasteiger partial charge in [-0.2, -0.15) is 5.21 Å². The first-order valence-corrected chi connectivity index (χ1v) is 13.2. The Labute approximate surface area is 216 Å². The average molecular weight is 500 g/mol. The predicted octanol–water partition coefficient (Wildman–Crippen LogP) is 4.60. The van der Waals surface area contributed by atoms with E-state index in [1.807, 2.05) is 57.9 Å². The van der Waals surface area contributed by atoms with Crippen molar-refractivity contribution in [2.45, 2.75) is 71.4 Å². The van der Waals surface area contributed by atoms with E-state index in [0.29, 0.717) is 12.4 Å². The van der Waals surface area contributed by atoms with Crippen molar-refractivity contribution in [3.05, 3.63) is 70.7 Å². The van der Waals surface area contributed by atoms with E-state index in [0.717, 1.165) is 73.0 Å². The Bertz CT molecular complexity index is 1400. The summed E-state index contributed by atoms with van der Waals surface area (Å²) in [5.41, 5.74) is 4.54. The molecule has 0 spiro atoms. The van der Waals surface area contributed by atoms with Gasteiger partial charge in [-0.05, 0) is 49.5 Å². The summed E-state index contributed by atoms with van der Waals surface area (Å²) in [5, 5.41) is 14.4. The van der Waals surface area contributed by atoms with Crippen molar-refractivity contribution in [1.82, 2.24) is 34.7 Å². The Balaban J connectivity index is 1.45. The molecule has 0 amide bonds. The van der Waals surface area contributed by atoms with Gasteiger partial charge in [0.15, 0.2) is 0 Å². The summed E-state index contributed by atoms with van der Waals surface area (Å²) in [4.78, 5) is 30.7. The molecule has 2 unspecified atom stereocenters. The first-order chi connectivity index (χ1) is 18.1. The molecule has 9 heteroatoms. The van der Waals surface area contributed by atoms with Crippen molar-refractivity contribution in [3.63, 3.8) is 0 Å². The highest BCUT2D eigenvalue weighted by atomic mass is 16.2. The summed E-state index contributed by atoms with van der Waals surface area (Å²) in [6, 6.07) is 11.8. The number of nitrogens with zero attached hydrogens (tertiary/aromatic N) is 6. The number of unbranched alkanes of at least 4 members (excludes halogenated alkanes) is 1. The average Bonchev–Trinajstić information content (AvgIpc) is 3.57. The second-order valence-electron chi connectivity index (χ2n) is 9.89. The number of ketones is 1. The maximum absolute atomic E-state index is 13.7. The zero-order valence-corrected chi connectivity index (χ0v) is 21.4. The van der Waals surface area contributed by atoms with Gasteiger partial charge in [0.2, 0.25) is 5.82 Å². The van der Waals surface area contributed by atoms with Gasteiger partial charge in [0.05, 0.1) is 12.2 Å². The molecular formula is C28H33N7O2. The van der Waals surface area contributed by atoms with Gasteiger partial charge in [0.1, 0.15) is 5.78 Å². The minimum Gasteiger partial charge on any atom is -0.300 e. The standard InChI is InChI=1S/C28H33N7O2/c1-3-4-9-22-18-35(26-13-8-7-10-23(26)19(2)36)28(37)34(22)17-21-15-14-20(16-29-21)24-11-5-6-12-25(24)27-30-32-33-31-27/h5-6,11-12,14-16,18,23,26H,3-4,7-10,13,17H2,1-2H3,(H,30,31,32,33). The van der Waals surface area contributed by atoms with Gasteiger partial charge in [-0.3, -0.25) is 18.9 Å². The predicted molar refractivity (Wildman–Crippen MR) is 141 cm³/mol. The second-order valence-corrected chi connectivity index (χ2v) is 9.89. The van der Waals surface area contributed by atoms with Crippen LogP contribution >= 0.6 is 0 Å². The molecule has 0 aliphatic heterocycles. The van der Waals surface area contributed by atoms with E-state index in [1.165, 1.54) is 0 Å². The number of H-pyrrole nitrogens is 1. The molecule has 1 aliphatic carbocycles. The minimum atomic E-state index is -0.0852. The lowest BCUT2D eigenvalue weighted by atomic mass is 9.82. The van der Waals surface area contributed by atoms with E-state index < -0.39 is 0 Å². The van der Waals surface area contributed by atoms with Crippen molar-refractivity contribution in [1.29, 1.82) is 0 Å². The third kappa shape index (κ3) is 5.16. The van der Waals surface area contributed by atoms with E-state index in [4.69, 9.17) is 4.98 Å². The van der Waals surface area contributed by atoms with Crippen molar-refractivity contribution in [2.75, 3.05) is 0 Å². The van der Waals surface area contributed by atoms with Gasteiger partial charge in [-0.25, -0.2) is 4.79 Å². The Kier molecular flexibility index (Phi) is 7.39. The van der Waals surface area contributed by atoms with Gasteiger partial charge in [-0.1, -0.05) is 56.5 Å². The molecule has 0 bridgehead atoms. The summed E-state index contributed by atoms with van der Waals surface area (Å²) >= 11 is 0. The van der Waals surface area contributed by atoms with Gasteiger partial charge in [-0.15, -0.1) is 10.2 Å². The fourth-order valence-corrected chi connectivity index (χ4v) is 5.48. The molecule has 3 heterocycles. The Morgan fingerprint density at radius 1 is 1.11 bits per heavy atom. The fourth-order valence-electron chi connectivity index (χ4n) is 5.48. The highest BCUT2D eigenvalue weighted by molar-refractivity contribution is 5.80. The van der Waals surface area contributed by atoms with E-state index in [-0.39, 0.29) is 23.4 Å². The number of hydrogen-bond donors (Lipinski definition) is 1. The summed E-state index contributed by atoms with van der Waals surface area (Å²) in [6.45, 7) is 4.21. The molecule has 192 valence electrons. The van der Waals surface area contributed by atoms with Crippen molar-refractivity contribution >= 4 is 5.78 Å². The third-order valence-electron chi connectivity index (χ3n) is 7.45. The topological polar surface area (TPSA) is 111 Å². The second kappa shape index (κ2) is 11.0. The summed E-state index contributed by atoms with van der Waals surface area (Å²) in [7, 11) is 0. The zero-order chi connectivity index (χ0) is 25.8. The van der Waals surface area contributed by atoms with Crippen molar-refractivity contribution < 1.29 is 4.79 Å². The van der Waals surface area contributed by atoms with Gasteiger partial charge in [0, 0.05) is 41.2 Å². The summed E-state index contributed by atoms with van der Waals surface area (Å²) < 4.78 is 3.68. The van der Waals surface area contributed by atoms with Crippen LogP contribution in [0.5, 0.6) is 0 Å². The highest BCUT2D eigenvalue weighted by Gasteiger charge is 2.32. The number of benzene rings is 1. The minimum absolute atomic E-state index is 0.0439. The van der Waals surface area contributed by atoms with Crippen LogP contribution in [0.2, 0.25) is 0 Å². The quantitative estimate of drug-likeness (QED) is 0.360. The van der Waals surface area contributed by atoms with Crippen LogP contribution in [0.15, 0.2) is 53.6 Å². The van der Waals surface area contributed by atoms with E-state index in [2.05, 4.69) is 27.5 Å². The first kappa shape index (κ1) is 24.8. The maximum Gasteiger partial charge on any atom is 0.328 e. The molecule has 3 aromatic heterocycles. The number of nitrogens with one attached hydrogen (secondary N) is 1. The Morgan fingerprint density at radius 3 is 2.62 bits per heavy atom. The molecule has 37 heavy (non-hydrogen) atoms. The van der Waals surface area contributed by atoms with E-state index in [9.17, 15) is 9.59 Å². The zero-order valence-electron chi connectivity index (χ0n) is 21.4. The first-order valence-electron chi connectivity index (χ1n) is 13.2. The summed E-state index contributed by atoms with van der Waals surface area (Å²) in [5.74, 6) is 0.621. The van der Waals surface area contributed by atoms with E-state index in [1.54, 1.807) is 6.92 Å². The van der Waals surface area contributed by atoms with Crippen molar-refractivity contribution in [3.8, 4) is 22.5 Å². The van der Waals surface area contributed by atoms with E-state index >= 15 is 0 Å². The molecule has 1 saturated carbocycles. The van der Waals surface area contributed by atoms with Crippen molar-refractivity contribution in [2.24, 2.45) is 5.92 Å². The molecule has 4 aromatic rings. The van der Waals surface area contributed by atoms with Gasteiger partial charge in [0.25, 0.3) is 0 Å². The van der Waals surface area contributed by atoms with Gasteiger partial charge < -0.3 is 0 Å². The van der Waals surface area contributed by atoms with Crippen LogP contribution in [0.3, 0.4) is 0 Å². The molecule has 1 aliphatic rings. The molecule has 2 atom stereocenters. The van der Waals surface area contributed by atoms with Crippen LogP contribution in [-0.2, 0) is 17.8 Å². The molecule has 9 nitrogen and oxygen atoms in total. The molecule has 5 rings (SSSR count). The van der Waals surface area contributed by atoms with Crippen LogP contribution in [0.25, 0.3) is 22.5 Å². The fraction of sp³-hybridized carbons (Fsp3) is 0.429.